The normalized spacial score (nSPS) is 10.7. The van der Waals surface area contributed by atoms with Gasteiger partial charge in [-0.05, 0) is 0 Å². The molecule has 4 nitrogen and oxygen atoms in total. The molecule has 0 saturated carbocycles. The van der Waals surface area contributed by atoms with Gasteiger partial charge in [0.15, 0.2) is 5.95 Å². The van der Waals surface area contributed by atoms with Crippen LogP contribution in [0.5, 0.6) is 5.95 Å². The fraction of sp³-hybridized carbons (Fsp3) is 0. The van der Waals surface area contributed by atoms with Crippen LogP contribution in [-0.2, 0) is 0 Å². The molecule has 0 atom stereocenters. The van der Waals surface area contributed by atoms with Gasteiger partial charge in [0.1, 0.15) is 0 Å². The molecule has 0 aliphatic carbocycles. The van der Waals surface area contributed by atoms with Crippen molar-refractivity contribution in [1.29, 1.82) is 0 Å². The molecular weight excluding hydrogens is 120 g/mol. The average Bonchev–Trinajstić information content (AvgIpc) is 2.35. The van der Waals surface area contributed by atoms with Gasteiger partial charge in [0.2, 0.25) is 6.20 Å². The average molecular weight is 124 g/mol. The lowest BCUT2D eigenvalue weighted by Gasteiger charge is -1.81. The fourth-order valence-corrected chi connectivity index (χ4v) is 0.770. The van der Waals surface area contributed by atoms with Crippen molar-refractivity contribution in [2.45, 2.75) is 0 Å². The number of nitrogens with one attached hydrogen (secondary N) is 1. The van der Waals surface area contributed by atoms with E-state index in [0.717, 1.165) is 0 Å². The van der Waals surface area contributed by atoms with Gasteiger partial charge >= 0.3 is 0 Å². The van der Waals surface area contributed by atoms with E-state index >= 15 is 0 Å². The van der Waals surface area contributed by atoms with Gasteiger partial charge in [-0.3, -0.25) is 0 Å². The van der Waals surface area contributed by atoms with Crippen LogP contribution in [0.25, 0.3) is 5.69 Å². The fourth-order valence-electron chi connectivity index (χ4n) is 0.770. The summed E-state index contributed by atoms with van der Waals surface area (Å²) in [5.74, 6) is -0.333. The number of nitrogens with zero attached hydrogens (tertiary/aromatic N) is 1. The van der Waals surface area contributed by atoms with E-state index in [0.29, 0.717) is 5.69 Å². The van der Waals surface area contributed by atoms with E-state index in [1.807, 2.05) is 0 Å². The second-order valence-electron chi connectivity index (χ2n) is 1.74. The summed E-state index contributed by atoms with van der Waals surface area (Å²) in [4.78, 5) is 0. The summed E-state index contributed by atoms with van der Waals surface area (Å²) in [7, 11) is 0. The lowest BCUT2D eigenvalue weighted by atomic mass is 10.5. The summed E-state index contributed by atoms with van der Waals surface area (Å²) >= 11 is 0. The van der Waals surface area contributed by atoms with E-state index in [1.165, 1.54) is 4.68 Å². The van der Waals surface area contributed by atoms with Crippen molar-refractivity contribution in [3.63, 3.8) is 0 Å². The quantitative estimate of drug-likeness (QED) is 0.476. The van der Waals surface area contributed by atoms with Crippen LogP contribution in [0.1, 0.15) is 0 Å². The lowest BCUT2D eigenvalue weighted by molar-refractivity contribution is -0.666. The highest BCUT2D eigenvalue weighted by Crippen LogP contribution is 2.11. The molecule has 2 heterocycles. The molecule has 0 aromatic heterocycles. The summed E-state index contributed by atoms with van der Waals surface area (Å²) in [6.07, 6.45) is 1.71. The highest BCUT2D eigenvalue weighted by atomic mass is 16.6. The van der Waals surface area contributed by atoms with Crippen molar-refractivity contribution < 1.29 is 14.3 Å². The third-order valence-corrected chi connectivity index (χ3v) is 1.19. The van der Waals surface area contributed by atoms with Crippen molar-refractivity contribution >= 4 is 0 Å². The van der Waals surface area contributed by atoms with Crippen LogP contribution in [0, 0.1) is 0 Å². The van der Waals surface area contributed by atoms with Crippen molar-refractivity contribution in [2.24, 2.45) is 0 Å². The Morgan fingerprint density at radius 1 is 1.67 bits per heavy atom. The number of hydrogen-bond donors (Lipinski definition) is 1. The molecule has 2 rings (SSSR count). The van der Waals surface area contributed by atoms with Gasteiger partial charge in [0.05, 0.1) is 0 Å². The topological polar surface area (TPSA) is 55.9 Å². The first-order valence-corrected chi connectivity index (χ1v) is 2.52. The number of aromatic nitrogens is 2. The number of rotatable bonds is 0. The van der Waals surface area contributed by atoms with Crippen LogP contribution in [0.3, 0.4) is 0 Å². The number of fused-ring (bicyclic) bond motifs is 1. The molecule has 0 amide bonds. The van der Waals surface area contributed by atoms with Crippen LogP contribution in [-0.4, -0.2) is 5.27 Å². The monoisotopic (exact) mass is 124 g/mol. The molecule has 0 aromatic rings. The minimum atomic E-state index is -0.333. The molecule has 2 aliphatic rings. The molecule has 0 radical (unpaired) electrons. The molecule has 0 unspecified atom stereocenters. The van der Waals surface area contributed by atoms with E-state index in [1.54, 1.807) is 18.3 Å². The van der Waals surface area contributed by atoms with Gasteiger partial charge in [-0.1, -0.05) is 4.68 Å². The third kappa shape index (κ3) is 0.440. The van der Waals surface area contributed by atoms with Crippen molar-refractivity contribution in [3.8, 4) is 11.6 Å². The molecule has 4 heteroatoms. The van der Waals surface area contributed by atoms with Crippen molar-refractivity contribution in [3.05, 3.63) is 18.3 Å². The SMILES string of the molecule is [O-]c1o[nH][n+]2cccc1-2. The number of hydrogen-bond acceptors (Lipinski definition) is 2. The maximum absolute atomic E-state index is 10.6. The highest BCUT2D eigenvalue weighted by molar-refractivity contribution is 5.27. The van der Waals surface area contributed by atoms with Gasteiger partial charge in [0, 0.05) is 12.1 Å². The largest absolute Gasteiger partial charge is 0.539 e. The summed E-state index contributed by atoms with van der Waals surface area (Å²) in [6.45, 7) is 0. The first-order valence-electron chi connectivity index (χ1n) is 2.52. The predicted octanol–water partition coefficient (Wildman–Crippen LogP) is -0.604. The maximum Gasteiger partial charge on any atom is 0.260 e. The second kappa shape index (κ2) is 1.28. The molecule has 0 bridgehead atoms. The molecule has 46 valence electrons. The van der Waals surface area contributed by atoms with Gasteiger partial charge < -0.3 is 9.63 Å². The zero-order valence-corrected chi connectivity index (χ0v) is 4.50. The Balaban J connectivity index is 2.79. The smallest absolute Gasteiger partial charge is 0.260 e. The molecule has 0 aromatic carbocycles. The Morgan fingerprint density at radius 3 is 3.33 bits per heavy atom. The van der Waals surface area contributed by atoms with Gasteiger partial charge in [0.25, 0.3) is 5.69 Å². The molecule has 0 spiro atoms. The third-order valence-electron chi connectivity index (χ3n) is 1.19. The highest BCUT2D eigenvalue weighted by Gasteiger charge is 2.12. The van der Waals surface area contributed by atoms with Crippen LogP contribution in [0.15, 0.2) is 22.9 Å². The molecule has 1 N–H and O–H groups in total. The molecule has 0 saturated heterocycles. The lowest BCUT2D eigenvalue weighted by Crippen LogP contribution is -2.28. The Bertz CT molecular complexity index is 285. The first-order chi connectivity index (χ1) is 4.38. The van der Waals surface area contributed by atoms with E-state index in [4.69, 9.17) is 0 Å². The molecular formula is C5H4N2O2. The Labute approximate surface area is 50.6 Å². The Kier molecular flexibility index (Phi) is 0.631. The van der Waals surface area contributed by atoms with Gasteiger partial charge in [-0.25, -0.2) is 0 Å². The van der Waals surface area contributed by atoms with Crippen LogP contribution in [0.4, 0.5) is 0 Å². The van der Waals surface area contributed by atoms with Crippen molar-refractivity contribution in [2.75, 3.05) is 0 Å². The number of aromatic amines is 1. The standard InChI is InChI=1S/C5H4N2O2/c8-5-4-2-1-3-7(4)6-9-5/h1-3,6H. The zero-order chi connectivity index (χ0) is 6.27. The summed E-state index contributed by atoms with van der Waals surface area (Å²) in [5, 5.41) is 13.0. The molecule has 2 aliphatic heterocycles. The van der Waals surface area contributed by atoms with Gasteiger partial charge in [-0.15, -0.1) is 5.27 Å². The first kappa shape index (κ1) is 4.43. The van der Waals surface area contributed by atoms with Gasteiger partial charge in [-0.2, -0.15) is 0 Å². The van der Waals surface area contributed by atoms with E-state index in [2.05, 4.69) is 9.79 Å². The van der Waals surface area contributed by atoms with Crippen LogP contribution >= 0.6 is 0 Å². The molecule has 0 fully saturated rings. The Morgan fingerprint density at radius 2 is 2.56 bits per heavy atom. The summed E-state index contributed by atoms with van der Waals surface area (Å²) in [5.41, 5.74) is 0.537. The second-order valence-corrected chi connectivity index (χ2v) is 1.74. The Hall–Kier alpha value is -1.45. The van der Waals surface area contributed by atoms with Crippen LogP contribution in [0.2, 0.25) is 0 Å². The zero-order valence-electron chi connectivity index (χ0n) is 4.50. The minimum absolute atomic E-state index is 0.333. The van der Waals surface area contributed by atoms with E-state index < -0.39 is 0 Å². The number of H-pyrrole nitrogens is 1. The summed E-state index contributed by atoms with van der Waals surface area (Å²) < 4.78 is 5.95. The van der Waals surface area contributed by atoms with E-state index in [9.17, 15) is 5.11 Å². The maximum atomic E-state index is 10.6. The predicted molar refractivity (Wildman–Crippen MR) is 25.2 cm³/mol. The van der Waals surface area contributed by atoms with E-state index in [-0.39, 0.29) is 5.95 Å². The van der Waals surface area contributed by atoms with Crippen molar-refractivity contribution in [1.82, 2.24) is 5.27 Å². The summed E-state index contributed by atoms with van der Waals surface area (Å²) in [6, 6.07) is 3.45. The van der Waals surface area contributed by atoms with Crippen LogP contribution < -0.4 is 9.79 Å². The minimum Gasteiger partial charge on any atom is -0.539 e. The molecule has 9 heavy (non-hydrogen) atoms.